The topological polar surface area (TPSA) is 212 Å². The number of aromatic hydroxyl groups is 2. The van der Waals surface area contributed by atoms with Crippen molar-refractivity contribution in [2.24, 2.45) is 0 Å². The number of aliphatic hydroxyl groups excluding tert-OH is 3. The number of fused-ring (bicyclic) bond motifs is 3. The molecule has 45 heavy (non-hydrogen) atoms. The van der Waals surface area contributed by atoms with Gasteiger partial charge in [-0.3, -0.25) is 14.4 Å². The summed E-state index contributed by atoms with van der Waals surface area (Å²) >= 11 is 0. The lowest BCUT2D eigenvalue weighted by Crippen LogP contribution is -2.57. The minimum Gasteiger partial charge on any atom is -0.507 e. The largest absolute Gasteiger partial charge is 0.507 e. The van der Waals surface area contributed by atoms with Crippen LogP contribution >= 0.6 is 0 Å². The number of aliphatic hydroxyl groups is 4. The van der Waals surface area contributed by atoms with Gasteiger partial charge in [0.25, 0.3) is 0 Å². The number of nitrogens with one attached hydrogen (secondary N) is 1. The molecule has 2 aliphatic carbocycles. The van der Waals surface area contributed by atoms with E-state index in [1.54, 1.807) is 5.32 Å². The molecular formula is C29H30F3NO12. The number of hydrogen-bond donors (Lipinski definition) is 7. The number of carbonyl (C=O) groups excluding carboxylic acids is 3. The second-order valence-electron chi connectivity index (χ2n) is 11.3. The Labute approximate surface area is 252 Å². The Bertz CT molecular complexity index is 1560. The lowest BCUT2D eigenvalue weighted by molar-refractivity contribution is -0.254. The molecule has 0 spiro atoms. The zero-order valence-electron chi connectivity index (χ0n) is 23.8. The van der Waals surface area contributed by atoms with Crippen molar-refractivity contribution in [1.29, 1.82) is 0 Å². The Morgan fingerprint density at radius 2 is 1.82 bits per heavy atom. The van der Waals surface area contributed by atoms with E-state index in [1.165, 1.54) is 32.2 Å². The number of benzene rings is 2. The normalized spacial score (nSPS) is 28.5. The molecule has 2 aromatic rings. The van der Waals surface area contributed by atoms with Crippen molar-refractivity contribution in [2.45, 2.75) is 74.7 Å². The first-order chi connectivity index (χ1) is 21.0. The van der Waals surface area contributed by atoms with Gasteiger partial charge in [0.15, 0.2) is 12.1 Å². The van der Waals surface area contributed by atoms with E-state index in [2.05, 4.69) is 0 Å². The lowest BCUT2D eigenvalue weighted by atomic mass is 9.71. The maximum absolute atomic E-state index is 13.7. The molecular weight excluding hydrogens is 611 g/mol. The van der Waals surface area contributed by atoms with E-state index in [0.717, 1.165) is 0 Å². The van der Waals surface area contributed by atoms with Gasteiger partial charge in [-0.2, -0.15) is 13.2 Å². The summed E-state index contributed by atoms with van der Waals surface area (Å²) in [5.74, 6) is -5.69. The smallest absolute Gasteiger partial charge is 0.471 e. The Hall–Kier alpha value is -3.80. The number of ether oxygens (including phenoxy) is 3. The van der Waals surface area contributed by atoms with E-state index in [9.17, 15) is 58.2 Å². The molecule has 0 bridgehead atoms. The van der Waals surface area contributed by atoms with Gasteiger partial charge in [0.05, 0.1) is 54.3 Å². The van der Waals surface area contributed by atoms with Crippen LogP contribution in [0.1, 0.15) is 68.8 Å². The molecule has 0 saturated carbocycles. The minimum absolute atomic E-state index is 0.0106. The third kappa shape index (κ3) is 5.40. The number of carbonyl (C=O) groups is 3. The molecule has 7 atom stereocenters. The van der Waals surface area contributed by atoms with E-state index in [0.29, 0.717) is 0 Å². The second-order valence-corrected chi connectivity index (χ2v) is 11.3. The van der Waals surface area contributed by atoms with Gasteiger partial charge in [0, 0.05) is 36.0 Å². The quantitative estimate of drug-likeness (QED) is 0.184. The van der Waals surface area contributed by atoms with E-state index < -0.39 is 114 Å². The highest BCUT2D eigenvalue weighted by Gasteiger charge is 2.51. The van der Waals surface area contributed by atoms with Crippen LogP contribution < -0.4 is 10.1 Å². The van der Waals surface area contributed by atoms with Gasteiger partial charge in [-0.05, 0) is 13.0 Å². The summed E-state index contributed by atoms with van der Waals surface area (Å²) in [5, 5.41) is 66.6. The summed E-state index contributed by atoms with van der Waals surface area (Å²) < 4.78 is 55.6. The van der Waals surface area contributed by atoms with Crippen LogP contribution in [0.25, 0.3) is 0 Å². The number of rotatable bonds is 6. The Balaban J connectivity index is 1.61. The van der Waals surface area contributed by atoms with Gasteiger partial charge >= 0.3 is 12.1 Å². The Kier molecular flexibility index (Phi) is 8.35. The maximum Gasteiger partial charge on any atom is 0.471 e. The summed E-state index contributed by atoms with van der Waals surface area (Å²) in [4.78, 5) is 38.9. The maximum atomic E-state index is 13.7. The third-order valence-electron chi connectivity index (χ3n) is 8.49. The summed E-state index contributed by atoms with van der Waals surface area (Å²) in [6.45, 7) is 0.331. The van der Waals surface area contributed by atoms with E-state index in [1.807, 2.05) is 0 Å². The van der Waals surface area contributed by atoms with Gasteiger partial charge < -0.3 is 50.2 Å². The predicted molar refractivity (Wildman–Crippen MR) is 143 cm³/mol. The molecule has 5 rings (SSSR count). The number of hydrogen-bond acceptors (Lipinski definition) is 12. The summed E-state index contributed by atoms with van der Waals surface area (Å²) in [5.41, 5.74) is -4.36. The van der Waals surface area contributed by atoms with Crippen molar-refractivity contribution in [1.82, 2.24) is 5.32 Å². The van der Waals surface area contributed by atoms with Crippen molar-refractivity contribution in [3.8, 4) is 17.2 Å². The van der Waals surface area contributed by atoms with Crippen molar-refractivity contribution >= 4 is 17.5 Å². The van der Waals surface area contributed by atoms with Crippen molar-refractivity contribution in [3.63, 3.8) is 0 Å². The fourth-order valence-corrected chi connectivity index (χ4v) is 6.20. The molecule has 2 aromatic carbocycles. The van der Waals surface area contributed by atoms with Crippen molar-refractivity contribution in [3.05, 3.63) is 51.6 Å². The standard InChI is InChI=1S/C29H30F3NO12/c1-10-22(36)13(33-27(41)29(30,31)32)6-17(44-10)45-15-8-28(42,16(35)9-34)7-12-19(15)26(40)21-20(24(12)38)23(37)11-4-3-5-14(43-2)18(11)25(21)39/h3-5,10,13,15-17,22,34-36,38,40,42H,6-9H2,1-2H3,(H,33,41)/t10-,13-,15-,16-,17-,22+,28-/m0/s1. The number of alkyl halides is 3. The van der Waals surface area contributed by atoms with Gasteiger partial charge in [-0.25, -0.2) is 0 Å². The summed E-state index contributed by atoms with van der Waals surface area (Å²) in [6.07, 6.45) is -14.8. The molecule has 13 nitrogen and oxygen atoms in total. The number of phenolic OH excluding ortho intramolecular Hbond substituents is 2. The fourth-order valence-electron chi connectivity index (χ4n) is 6.20. The highest BCUT2D eigenvalue weighted by molar-refractivity contribution is 6.31. The molecule has 244 valence electrons. The van der Waals surface area contributed by atoms with E-state index >= 15 is 0 Å². The number of amides is 1. The van der Waals surface area contributed by atoms with Crippen LogP contribution in [-0.2, 0) is 20.7 Å². The minimum atomic E-state index is -5.26. The first kappa shape index (κ1) is 32.6. The summed E-state index contributed by atoms with van der Waals surface area (Å²) in [7, 11) is 1.26. The average Bonchev–Trinajstić information content (AvgIpc) is 2.98. The van der Waals surface area contributed by atoms with Gasteiger partial charge in [-0.15, -0.1) is 0 Å². The van der Waals surface area contributed by atoms with Crippen molar-refractivity contribution in [2.75, 3.05) is 13.7 Å². The molecule has 1 fully saturated rings. The SMILES string of the molecule is COc1cccc2c1C(=O)c1c(O)c3c(c(O)c1C2=O)C[C@@](O)([C@@H](O)CO)C[C@@H]3O[C@H]1C[C@H](NC(=O)C(F)(F)F)[C@H](O)[C@H](C)O1. The molecule has 1 heterocycles. The molecule has 1 amide bonds. The molecule has 3 aliphatic rings. The highest BCUT2D eigenvalue weighted by atomic mass is 19.4. The van der Waals surface area contributed by atoms with Crippen LogP contribution in [0.4, 0.5) is 13.2 Å². The van der Waals surface area contributed by atoms with Crippen molar-refractivity contribution < 1.29 is 72.4 Å². The molecule has 0 aromatic heterocycles. The zero-order chi connectivity index (χ0) is 33.2. The van der Waals surface area contributed by atoms with Crippen LogP contribution in [0.15, 0.2) is 18.2 Å². The van der Waals surface area contributed by atoms with E-state index in [4.69, 9.17) is 14.2 Å². The van der Waals surface area contributed by atoms with Crippen LogP contribution in [-0.4, -0.2) is 104 Å². The molecule has 1 saturated heterocycles. The number of halogens is 3. The molecule has 7 N–H and O–H groups in total. The monoisotopic (exact) mass is 641 g/mol. The molecule has 0 unspecified atom stereocenters. The Morgan fingerprint density at radius 3 is 2.44 bits per heavy atom. The summed E-state index contributed by atoms with van der Waals surface area (Å²) in [6, 6.07) is 2.65. The lowest BCUT2D eigenvalue weighted by Gasteiger charge is -2.44. The zero-order valence-corrected chi connectivity index (χ0v) is 23.8. The average molecular weight is 642 g/mol. The van der Waals surface area contributed by atoms with Crippen LogP contribution in [0, 0.1) is 0 Å². The molecule has 0 radical (unpaired) electrons. The first-order valence-corrected chi connectivity index (χ1v) is 13.8. The van der Waals surface area contributed by atoms with Crippen LogP contribution in [0.5, 0.6) is 17.2 Å². The Morgan fingerprint density at radius 1 is 1.16 bits per heavy atom. The number of phenols is 2. The van der Waals surface area contributed by atoms with E-state index in [-0.39, 0.29) is 28.0 Å². The first-order valence-electron chi connectivity index (χ1n) is 13.8. The predicted octanol–water partition coefficient (Wildman–Crippen LogP) is 0.513. The highest BCUT2D eigenvalue weighted by Crippen LogP contribution is 2.53. The van der Waals surface area contributed by atoms with Crippen LogP contribution in [0.3, 0.4) is 0 Å². The van der Waals surface area contributed by atoms with Gasteiger partial charge in [0.2, 0.25) is 5.78 Å². The fraction of sp³-hybridized carbons (Fsp3) is 0.483. The van der Waals surface area contributed by atoms with Gasteiger partial charge in [0.1, 0.15) is 29.5 Å². The second kappa shape index (κ2) is 11.5. The van der Waals surface area contributed by atoms with Gasteiger partial charge in [-0.1, -0.05) is 12.1 Å². The molecule has 16 heteroatoms. The third-order valence-corrected chi connectivity index (χ3v) is 8.49. The number of methoxy groups -OCH3 is 1. The number of ketones is 2. The molecule has 1 aliphatic heterocycles. The van der Waals surface area contributed by atoms with Crippen LogP contribution in [0.2, 0.25) is 0 Å².